The van der Waals surface area contributed by atoms with Crippen molar-refractivity contribution in [2.24, 2.45) is 0 Å². The molecule has 1 aromatic carbocycles. The summed E-state index contributed by atoms with van der Waals surface area (Å²) in [4.78, 5) is 19.5. The number of halogens is 3. The average Bonchev–Trinajstić information content (AvgIpc) is 3.22. The molecule has 0 aliphatic carbocycles. The van der Waals surface area contributed by atoms with Crippen LogP contribution < -0.4 is 0 Å². The van der Waals surface area contributed by atoms with Crippen molar-refractivity contribution >= 4 is 22.2 Å². The Bertz CT molecular complexity index is 940. The van der Waals surface area contributed by atoms with Crippen LogP contribution in [-0.4, -0.2) is 46.5 Å². The molecule has 9 heteroatoms. The molecule has 0 spiro atoms. The number of carbonyl (C=O) groups excluding carboxylic acids is 1. The number of aromatic nitrogens is 2. The first kappa shape index (κ1) is 17.0. The molecule has 1 aliphatic heterocycles. The number of morpholine rings is 1. The topological polar surface area (TPSA) is 46.8 Å². The molecule has 1 amide bonds. The number of carbonyl (C=O) groups is 1. The number of benzene rings is 1. The van der Waals surface area contributed by atoms with E-state index in [1.54, 1.807) is 20.9 Å². The van der Waals surface area contributed by atoms with Crippen LogP contribution in [0.4, 0.5) is 13.2 Å². The minimum atomic E-state index is -4.37. The Morgan fingerprint density at radius 1 is 1.15 bits per heavy atom. The van der Waals surface area contributed by atoms with Gasteiger partial charge >= 0.3 is 6.18 Å². The smallest absolute Gasteiger partial charge is 0.378 e. The van der Waals surface area contributed by atoms with Gasteiger partial charge in [-0.05, 0) is 12.1 Å². The molecule has 3 aromatic rings. The maximum Gasteiger partial charge on any atom is 0.416 e. The van der Waals surface area contributed by atoms with Crippen molar-refractivity contribution in [2.45, 2.75) is 6.18 Å². The van der Waals surface area contributed by atoms with Gasteiger partial charge in [0.2, 0.25) is 0 Å². The van der Waals surface area contributed by atoms with Gasteiger partial charge in [0.05, 0.1) is 24.5 Å². The number of fused-ring (bicyclic) bond motifs is 1. The Balaban J connectivity index is 1.64. The van der Waals surface area contributed by atoms with Gasteiger partial charge in [-0.15, -0.1) is 11.3 Å². The molecule has 1 saturated heterocycles. The summed E-state index contributed by atoms with van der Waals surface area (Å²) in [6, 6.07) is 4.84. The quantitative estimate of drug-likeness (QED) is 0.682. The van der Waals surface area contributed by atoms with Gasteiger partial charge in [-0.2, -0.15) is 13.2 Å². The number of imidazole rings is 1. The van der Waals surface area contributed by atoms with Crippen molar-refractivity contribution in [2.75, 3.05) is 26.3 Å². The molecular weight excluding hydrogens is 367 g/mol. The normalized spacial score (nSPS) is 15.6. The van der Waals surface area contributed by atoms with E-state index in [0.717, 1.165) is 12.1 Å². The van der Waals surface area contributed by atoms with Crippen LogP contribution in [0.25, 0.3) is 16.2 Å². The predicted molar refractivity (Wildman–Crippen MR) is 90.2 cm³/mol. The van der Waals surface area contributed by atoms with Gasteiger partial charge in [0.1, 0.15) is 5.69 Å². The predicted octanol–water partition coefficient (Wildman–Crippen LogP) is 3.55. The monoisotopic (exact) mass is 381 g/mol. The number of amides is 1. The number of rotatable bonds is 2. The van der Waals surface area contributed by atoms with Crippen LogP contribution in [0.15, 0.2) is 35.8 Å². The van der Waals surface area contributed by atoms with Crippen LogP contribution in [0.5, 0.6) is 0 Å². The van der Waals surface area contributed by atoms with Gasteiger partial charge < -0.3 is 9.64 Å². The fraction of sp³-hybridized carbons (Fsp3) is 0.294. The SMILES string of the molecule is O=C(c1csc2nc(-c3ccc(C(F)(F)F)cc3)cn12)N1CCOCC1. The van der Waals surface area contributed by atoms with E-state index in [1.165, 1.54) is 23.5 Å². The zero-order valence-corrected chi connectivity index (χ0v) is 14.3. The van der Waals surface area contributed by atoms with Crippen LogP contribution in [0.3, 0.4) is 0 Å². The maximum absolute atomic E-state index is 12.7. The summed E-state index contributed by atoms with van der Waals surface area (Å²) in [5.74, 6) is -0.101. The van der Waals surface area contributed by atoms with E-state index in [9.17, 15) is 18.0 Å². The zero-order chi connectivity index (χ0) is 18.3. The average molecular weight is 381 g/mol. The first-order valence-electron chi connectivity index (χ1n) is 7.95. The van der Waals surface area contributed by atoms with E-state index in [-0.39, 0.29) is 5.91 Å². The molecule has 0 atom stereocenters. The summed E-state index contributed by atoms with van der Waals surface area (Å²) in [7, 11) is 0. The molecule has 136 valence electrons. The highest BCUT2D eigenvalue weighted by Gasteiger charge is 2.30. The van der Waals surface area contributed by atoms with Crippen LogP contribution in [0.2, 0.25) is 0 Å². The molecule has 5 nitrogen and oxygen atoms in total. The number of hydrogen-bond donors (Lipinski definition) is 0. The summed E-state index contributed by atoms with van der Waals surface area (Å²) in [5, 5.41) is 1.75. The molecule has 2 aromatic heterocycles. The fourth-order valence-electron chi connectivity index (χ4n) is 2.84. The van der Waals surface area contributed by atoms with Gasteiger partial charge in [0, 0.05) is 30.2 Å². The van der Waals surface area contributed by atoms with Crippen molar-refractivity contribution in [1.29, 1.82) is 0 Å². The second-order valence-electron chi connectivity index (χ2n) is 5.88. The summed E-state index contributed by atoms with van der Waals surface area (Å²) in [5.41, 5.74) is 0.892. The van der Waals surface area contributed by atoms with Crippen LogP contribution in [0, 0.1) is 0 Å². The molecule has 0 N–H and O–H groups in total. The lowest BCUT2D eigenvalue weighted by atomic mass is 10.1. The van der Waals surface area contributed by atoms with Crippen molar-refractivity contribution in [3.05, 3.63) is 47.1 Å². The molecule has 0 radical (unpaired) electrons. The molecule has 0 unspecified atom stereocenters. The first-order chi connectivity index (χ1) is 12.4. The van der Waals surface area contributed by atoms with Crippen molar-refractivity contribution in [3.8, 4) is 11.3 Å². The minimum Gasteiger partial charge on any atom is -0.378 e. The Hall–Kier alpha value is -2.39. The fourth-order valence-corrected chi connectivity index (χ4v) is 3.68. The van der Waals surface area contributed by atoms with E-state index in [0.29, 0.717) is 48.2 Å². The van der Waals surface area contributed by atoms with Crippen LogP contribution in [0.1, 0.15) is 16.1 Å². The van der Waals surface area contributed by atoms with Crippen LogP contribution in [-0.2, 0) is 10.9 Å². The van der Waals surface area contributed by atoms with Gasteiger partial charge in [-0.3, -0.25) is 9.20 Å². The van der Waals surface area contributed by atoms with Gasteiger partial charge in [-0.1, -0.05) is 12.1 Å². The number of thiazole rings is 1. The van der Waals surface area contributed by atoms with E-state index in [1.807, 2.05) is 0 Å². The second-order valence-corrected chi connectivity index (χ2v) is 6.72. The molecule has 1 fully saturated rings. The highest BCUT2D eigenvalue weighted by atomic mass is 32.1. The number of alkyl halides is 3. The highest BCUT2D eigenvalue weighted by Crippen LogP contribution is 2.31. The third kappa shape index (κ3) is 3.08. The summed E-state index contributed by atoms with van der Waals surface area (Å²) >= 11 is 1.32. The maximum atomic E-state index is 12.7. The van der Waals surface area contributed by atoms with E-state index < -0.39 is 11.7 Å². The zero-order valence-electron chi connectivity index (χ0n) is 13.5. The Kier molecular flexibility index (Phi) is 4.20. The largest absolute Gasteiger partial charge is 0.416 e. The third-order valence-corrected chi connectivity index (χ3v) is 5.07. The molecule has 4 rings (SSSR count). The molecule has 26 heavy (non-hydrogen) atoms. The lowest BCUT2D eigenvalue weighted by molar-refractivity contribution is -0.137. The molecule has 0 saturated carbocycles. The van der Waals surface area contributed by atoms with E-state index in [2.05, 4.69) is 4.98 Å². The minimum absolute atomic E-state index is 0.101. The Morgan fingerprint density at radius 3 is 2.50 bits per heavy atom. The van der Waals surface area contributed by atoms with Gasteiger partial charge in [0.25, 0.3) is 5.91 Å². The van der Waals surface area contributed by atoms with Crippen molar-refractivity contribution in [1.82, 2.24) is 14.3 Å². The highest BCUT2D eigenvalue weighted by molar-refractivity contribution is 7.15. The third-order valence-electron chi connectivity index (χ3n) is 4.23. The number of ether oxygens (including phenoxy) is 1. The molecule has 1 aliphatic rings. The van der Waals surface area contributed by atoms with Gasteiger partial charge in [0.15, 0.2) is 4.96 Å². The van der Waals surface area contributed by atoms with Crippen molar-refractivity contribution < 1.29 is 22.7 Å². The lowest BCUT2D eigenvalue weighted by Gasteiger charge is -2.26. The van der Waals surface area contributed by atoms with Gasteiger partial charge in [-0.25, -0.2) is 4.98 Å². The van der Waals surface area contributed by atoms with Crippen molar-refractivity contribution in [3.63, 3.8) is 0 Å². The summed E-state index contributed by atoms with van der Waals surface area (Å²) in [6.45, 7) is 2.10. The van der Waals surface area contributed by atoms with E-state index in [4.69, 9.17) is 4.74 Å². The molecular formula is C17H14F3N3O2S. The van der Waals surface area contributed by atoms with Crippen LogP contribution >= 0.6 is 11.3 Å². The second kappa shape index (κ2) is 6.40. The number of nitrogens with zero attached hydrogens (tertiary/aromatic N) is 3. The summed E-state index contributed by atoms with van der Waals surface area (Å²) < 4.78 is 45.0. The molecule has 3 heterocycles. The lowest BCUT2D eigenvalue weighted by Crippen LogP contribution is -2.41. The Labute approximate surface area is 150 Å². The molecule has 0 bridgehead atoms. The first-order valence-corrected chi connectivity index (χ1v) is 8.83. The van der Waals surface area contributed by atoms with E-state index >= 15 is 0 Å². The summed E-state index contributed by atoms with van der Waals surface area (Å²) in [6.07, 6.45) is -2.69. The standard InChI is InChI=1S/C17H14F3N3O2S/c18-17(19,20)12-3-1-11(2-4-12)13-9-23-14(10-26-16(23)21-13)15(24)22-5-7-25-8-6-22/h1-4,9-10H,5-8H2. The number of hydrogen-bond acceptors (Lipinski definition) is 4. The Morgan fingerprint density at radius 2 is 1.85 bits per heavy atom.